The molecule has 2 aromatic rings. The number of aryl methyl sites for hydroxylation is 3. The molecule has 1 amide bonds. The number of nitrogens with zero attached hydrogens (tertiary/aromatic N) is 5. The maximum atomic E-state index is 12.4. The van der Waals surface area contributed by atoms with E-state index < -0.39 is 0 Å². The zero-order valence-corrected chi connectivity index (χ0v) is 14.1. The Balaban J connectivity index is 1.59. The molecule has 3 rings (SSSR count). The van der Waals surface area contributed by atoms with Gasteiger partial charge in [0.1, 0.15) is 12.4 Å². The van der Waals surface area contributed by atoms with E-state index in [1.54, 1.807) is 11.8 Å². The predicted molar refractivity (Wildman–Crippen MR) is 85.0 cm³/mol. The van der Waals surface area contributed by atoms with Gasteiger partial charge in [-0.1, -0.05) is 0 Å². The van der Waals surface area contributed by atoms with Crippen LogP contribution in [0.1, 0.15) is 27.7 Å². The Bertz CT molecular complexity index is 693. The summed E-state index contributed by atoms with van der Waals surface area (Å²) in [6.07, 6.45) is 1.87. The minimum Gasteiger partial charge on any atom is -0.377 e. The SMILES string of the molecule is COCc1ncc(C)n1CC1CN(C(=O)c2cc(C)n(C)n2)C1. The van der Waals surface area contributed by atoms with Gasteiger partial charge in [0.15, 0.2) is 5.69 Å². The molecule has 0 N–H and O–H groups in total. The number of ether oxygens (including phenoxy) is 1. The van der Waals surface area contributed by atoms with Gasteiger partial charge in [-0.25, -0.2) is 4.98 Å². The molecule has 1 aliphatic rings. The number of aromatic nitrogens is 4. The van der Waals surface area contributed by atoms with E-state index in [0.29, 0.717) is 18.2 Å². The normalized spacial score (nSPS) is 15.0. The lowest BCUT2D eigenvalue weighted by atomic mass is 9.99. The third kappa shape index (κ3) is 3.01. The molecule has 0 aliphatic carbocycles. The van der Waals surface area contributed by atoms with Gasteiger partial charge < -0.3 is 14.2 Å². The Hall–Kier alpha value is -2.15. The van der Waals surface area contributed by atoms with E-state index in [0.717, 1.165) is 36.8 Å². The minimum absolute atomic E-state index is 0.0180. The lowest BCUT2D eigenvalue weighted by Crippen LogP contribution is -2.51. The lowest BCUT2D eigenvalue weighted by Gasteiger charge is -2.39. The first-order chi connectivity index (χ1) is 11.0. The van der Waals surface area contributed by atoms with Crippen LogP contribution in [0.4, 0.5) is 0 Å². The van der Waals surface area contributed by atoms with Crippen LogP contribution >= 0.6 is 0 Å². The summed E-state index contributed by atoms with van der Waals surface area (Å²) in [5.41, 5.74) is 2.65. The molecule has 7 heteroatoms. The second kappa shape index (κ2) is 6.16. The van der Waals surface area contributed by atoms with E-state index in [1.165, 1.54) is 0 Å². The van der Waals surface area contributed by atoms with Crippen LogP contribution in [0.3, 0.4) is 0 Å². The fourth-order valence-corrected chi connectivity index (χ4v) is 2.94. The number of hydrogen-bond donors (Lipinski definition) is 0. The summed E-state index contributed by atoms with van der Waals surface area (Å²) in [5.74, 6) is 1.41. The summed E-state index contributed by atoms with van der Waals surface area (Å²) in [5, 5.41) is 4.26. The van der Waals surface area contributed by atoms with Crippen molar-refractivity contribution in [3.63, 3.8) is 0 Å². The summed E-state index contributed by atoms with van der Waals surface area (Å²) >= 11 is 0. The van der Waals surface area contributed by atoms with Gasteiger partial charge in [-0.2, -0.15) is 5.10 Å². The smallest absolute Gasteiger partial charge is 0.274 e. The van der Waals surface area contributed by atoms with Gasteiger partial charge in [-0.15, -0.1) is 0 Å². The van der Waals surface area contributed by atoms with Crippen molar-refractivity contribution in [3.8, 4) is 0 Å². The average Bonchev–Trinajstić information content (AvgIpc) is 2.98. The van der Waals surface area contributed by atoms with Gasteiger partial charge in [-0.3, -0.25) is 9.48 Å². The number of amides is 1. The monoisotopic (exact) mass is 317 g/mol. The van der Waals surface area contributed by atoms with Crippen molar-refractivity contribution in [2.45, 2.75) is 27.0 Å². The van der Waals surface area contributed by atoms with Crippen LogP contribution in [0.15, 0.2) is 12.3 Å². The third-order valence-corrected chi connectivity index (χ3v) is 4.43. The zero-order chi connectivity index (χ0) is 16.6. The molecular weight excluding hydrogens is 294 g/mol. The molecule has 0 unspecified atom stereocenters. The summed E-state index contributed by atoms with van der Waals surface area (Å²) in [6.45, 7) is 6.90. The highest BCUT2D eigenvalue weighted by molar-refractivity contribution is 5.92. The van der Waals surface area contributed by atoms with Crippen molar-refractivity contribution < 1.29 is 9.53 Å². The Morgan fingerprint density at radius 3 is 2.70 bits per heavy atom. The number of methoxy groups -OCH3 is 1. The number of rotatable bonds is 5. The Morgan fingerprint density at radius 2 is 2.09 bits per heavy atom. The van der Waals surface area contributed by atoms with Crippen LogP contribution in [-0.4, -0.2) is 50.3 Å². The van der Waals surface area contributed by atoms with Gasteiger partial charge in [0.05, 0.1) is 0 Å². The summed E-state index contributed by atoms with van der Waals surface area (Å²) in [4.78, 5) is 18.6. The van der Waals surface area contributed by atoms with Crippen molar-refractivity contribution in [2.75, 3.05) is 20.2 Å². The molecule has 1 fully saturated rings. The van der Waals surface area contributed by atoms with Gasteiger partial charge in [0.25, 0.3) is 5.91 Å². The first kappa shape index (κ1) is 15.7. The van der Waals surface area contributed by atoms with Crippen LogP contribution in [0, 0.1) is 19.8 Å². The maximum Gasteiger partial charge on any atom is 0.274 e. The molecule has 0 radical (unpaired) electrons. The molecule has 0 atom stereocenters. The number of carbonyl (C=O) groups excluding carboxylic acids is 1. The second-order valence-corrected chi connectivity index (χ2v) is 6.23. The fraction of sp³-hybridized carbons (Fsp3) is 0.562. The van der Waals surface area contributed by atoms with Gasteiger partial charge in [0, 0.05) is 57.3 Å². The van der Waals surface area contributed by atoms with E-state index in [-0.39, 0.29) is 5.91 Å². The van der Waals surface area contributed by atoms with Crippen LogP contribution in [0.25, 0.3) is 0 Å². The zero-order valence-electron chi connectivity index (χ0n) is 14.1. The molecule has 0 aromatic carbocycles. The van der Waals surface area contributed by atoms with E-state index in [2.05, 4.69) is 14.6 Å². The topological polar surface area (TPSA) is 65.2 Å². The van der Waals surface area contributed by atoms with Crippen LogP contribution in [-0.2, 0) is 24.9 Å². The molecule has 2 aromatic heterocycles. The highest BCUT2D eigenvalue weighted by Crippen LogP contribution is 2.22. The van der Waals surface area contributed by atoms with E-state index in [4.69, 9.17) is 4.74 Å². The molecule has 7 nitrogen and oxygen atoms in total. The Labute approximate surface area is 135 Å². The fourth-order valence-electron chi connectivity index (χ4n) is 2.94. The average molecular weight is 317 g/mol. The van der Waals surface area contributed by atoms with Crippen LogP contribution in [0.5, 0.6) is 0 Å². The standard InChI is InChI=1S/C16H23N5O2/c1-11-5-14(18-19(11)3)16(22)20-7-13(8-20)9-21-12(2)6-17-15(21)10-23-4/h5-6,13H,7-10H2,1-4H3. The molecule has 1 saturated heterocycles. The third-order valence-electron chi connectivity index (χ3n) is 4.43. The number of likely N-dealkylation sites (tertiary alicyclic amines) is 1. The van der Waals surface area contributed by atoms with E-state index in [9.17, 15) is 4.79 Å². The molecule has 3 heterocycles. The molecule has 0 bridgehead atoms. The van der Waals surface area contributed by atoms with Crippen molar-refractivity contribution in [3.05, 3.63) is 35.2 Å². The first-order valence-electron chi connectivity index (χ1n) is 7.79. The Morgan fingerprint density at radius 1 is 1.35 bits per heavy atom. The summed E-state index contributed by atoms with van der Waals surface area (Å²) < 4.78 is 9.10. The summed E-state index contributed by atoms with van der Waals surface area (Å²) in [6, 6.07) is 1.84. The largest absolute Gasteiger partial charge is 0.377 e. The molecule has 124 valence electrons. The molecule has 23 heavy (non-hydrogen) atoms. The van der Waals surface area contributed by atoms with Crippen molar-refractivity contribution in [1.82, 2.24) is 24.2 Å². The van der Waals surface area contributed by atoms with E-state index >= 15 is 0 Å². The predicted octanol–water partition coefficient (Wildman–Crippen LogP) is 1.15. The van der Waals surface area contributed by atoms with Crippen molar-refractivity contribution in [1.29, 1.82) is 0 Å². The molecule has 0 saturated carbocycles. The number of hydrogen-bond acceptors (Lipinski definition) is 4. The second-order valence-electron chi connectivity index (χ2n) is 6.23. The molecule has 0 spiro atoms. The highest BCUT2D eigenvalue weighted by Gasteiger charge is 2.33. The van der Waals surface area contributed by atoms with Crippen molar-refractivity contribution in [2.24, 2.45) is 13.0 Å². The van der Waals surface area contributed by atoms with Gasteiger partial charge in [-0.05, 0) is 19.9 Å². The summed E-state index contributed by atoms with van der Waals surface area (Å²) in [7, 11) is 3.52. The van der Waals surface area contributed by atoms with Crippen LogP contribution < -0.4 is 0 Å². The van der Waals surface area contributed by atoms with E-state index in [1.807, 2.05) is 38.1 Å². The molecule has 1 aliphatic heterocycles. The lowest BCUT2D eigenvalue weighted by molar-refractivity contribution is 0.0455. The Kier molecular flexibility index (Phi) is 4.21. The van der Waals surface area contributed by atoms with Gasteiger partial charge >= 0.3 is 0 Å². The highest BCUT2D eigenvalue weighted by atomic mass is 16.5. The van der Waals surface area contributed by atoms with Crippen LogP contribution in [0.2, 0.25) is 0 Å². The number of imidazole rings is 1. The molecular formula is C16H23N5O2. The maximum absolute atomic E-state index is 12.4. The quantitative estimate of drug-likeness (QED) is 0.830. The minimum atomic E-state index is 0.0180. The van der Waals surface area contributed by atoms with Gasteiger partial charge in [0.2, 0.25) is 0 Å². The number of carbonyl (C=O) groups is 1. The van der Waals surface area contributed by atoms with Crippen molar-refractivity contribution >= 4 is 5.91 Å². The first-order valence-corrected chi connectivity index (χ1v) is 7.79.